The predicted molar refractivity (Wildman–Crippen MR) is 91.9 cm³/mol. The minimum atomic E-state index is -4.50. The Morgan fingerprint density at radius 3 is 2.48 bits per heavy atom. The second-order valence-electron chi connectivity index (χ2n) is 6.44. The van der Waals surface area contributed by atoms with E-state index in [4.69, 9.17) is 4.42 Å². The molecule has 0 atom stereocenters. The van der Waals surface area contributed by atoms with Gasteiger partial charge in [-0.2, -0.15) is 13.2 Å². The number of halogens is 3. The number of furan rings is 1. The first-order chi connectivity index (χ1) is 12.8. The van der Waals surface area contributed by atoms with Crippen LogP contribution in [0.25, 0.3) is 0 Å². The Morgan fingerprint density at radius 2 is 1.93 bits per heavy atom. The molecule has 0 N–H and O–H groups in total. The van der Waals surface area contributed by atoms with Gasteiger partial charge < -0.3 is 14.2 Å². The molecular formula is C19H19F3N2O3. The Morgan fingerprint density at radius 1 is 1.19 bits per heavy atom. The van der Waals surface area contributed by atoms with Gasteiger partial charge in [-0.15, -0.1) is 0 Å². The molecule has 1 aromatic carbocycles. The highest BCUT2D eigenvalue weighted by Gasteiger charge is 2.33. The highest BCUT2D eigenvalue weighted by Crippen LogP contribution is 2.23. The minimum Gasteiger partial charge on any atom is -0.467 e. The van der Waals surface area contributed by atoms with Gasteiger partial charge in [-0.1, -0.05) is 12.1 Å². The van der Waals surface area contributed by atoms with Crippen molar-refractivity contribution in [2.24, 2.45) is 0 Å². The van der Waals surface area contributed by atoms with Gasteiger partial charge in [0.1, 0.15) is 12.3 Å². The largest absolute Gasteiger partial charge is 0.467 e. The standard InChI is InChI=1S/C19H19F3N2O3/c20-19(21,22)13-23(12-16-3-2-10-27-16)18(26)11-14-5-7-15(8-6-14)24-9-1-4-17(24)25/h2-3,5-8,10H,1,4,9,11-13H2. The van der Waals surface area contributed by atoms with Crippen LogP contribution in [0.5, 0.6) is 0 Å². The van der Waals surface area contributed by atoms with Crippen LogP contribution in [0.1, 0.15) is 24.2 Å². The molecule has 1 saturated heterocycles. The van der Waals surface area contributed by atoms with Gasteiger partial charge in [0.05, 0.1) is 19.2 Å². The van der Waals surface area contributed by atoms with Crippen molar-refractivity contribution in [3.05, 3.63) is 54.0 Å². The summed E-state index contributed by atoms with van der Waals surface area (Å²) in [6.07, 6.45) is -1.99. The fourth-order valence-electron chi connectivity index (χ4n) is 3.04. The SMILES string of the molecule is O=C(Cc1ccc(N2CCCC2=O)cc1)N(Cc1ccco1)CC(F)(F)F. The molecule has 1 aliphatic rings. The van der Waals surface area contributed by atoms with Gasteiger partial charge in [-0.3, -0.25) is 9.59 Å². The fraction of sp³-hybridized carbons (Fsp3) is 0.368. The molecule has 27 heavy (non-hydrogen) atoms. The van der Waals surface area contributed by atoms with Crippen molar-refractivity contribution in [1.82, 2.24) is 4.90 Å². The van der Waals surface area contributed by atoms with E-state index in [2.05, 4.69) is 0 Å². The topological polar surface area (TPSA) is 53.8 Å². The van der Waals surface area contributed by atoms with E-state index in [9.17, 15) is 22.8 Å². The average Bonchev–Trinajstić information content (AvgIpc) is 3.25. The zero-order valence-electron chi connectivity index (χ0n) is 14.5. The van der Waals surface area contributed by atoms with E-state index in [0.717, 1.165) is 17.0 Å². The van der Waals surface area contributed by atoms with E-state index < -0.39 is 18.6 Å². The first-order valence-electron chi connectivity index (χ1n) is 8.58. The molecule has 0 unspecified atom stereocenters. The molecule has 0 bridgehead atoms. The monoisotopic (exact) mass is 380 g/mol. The van der Waals surface area contributed by atoms with Crippen molar-refractivity contribution < 1.29 is 27.2 Å². The molecule has 3 rings (SSSR count). The lowest BCUT2D eigenvalue weighted by atomic mass is 10.1. The van der Waals surface area contributed by atoms with Gasteiger partial charge in [-0.05, 0) is 36.2 Å². The third-order valence-electron chi connectivity index (χ3n) is 4.33. The number of amides is 2. The van der Waals surface area contributed by atoms with Crippen LogP contribution in [0.4, 0.5) is 18.9 Å². The highest BCUT2D eigenvalue weighted by atomic mass is 19.4. The Balaban J connectivity index is 1.67. The molecule has 2 heterocycles. The Hall–Kier alpha value is -2.77. The van der Waals surface area contributed by atoms with E-state index in [1.807, 2.05) is 0 Å². The molecule has 0 aliphatic carbocycles. The number of alkyl halides is 3. The Kier molecular flexibility index (Phi) is 5.53. The highest BCUT2D eigenvalue weighted by molar-refractivity contribution is 5.95. The maximum absolute atomic E-state index is 12.8. The van der Waals surface area contributed by atoms with Gasteiger partial charge in [0, 0.05) is 18.7 Å². The van der Waals surface area contributed by atoms with E-state index in [0.29, 0.717) is 18.5 Å². The number of hydrogen-bond acceptors (Lipinski definition) is 3. The number of carbonyl (C=O) groups is 2. The van der Waals surface area contributed by atoms with Crippen molar-refractivity contribution in [2.75, 3.05) is 18.0 Å². The van der Waals surface area contributed by atoms with Crippen molar-refractivity contribution in [3.8, 4) is 0 Å². The van der Waals surface area contributed by atoms with Crippen LogP contribution < -0.4 is 4.90 Å². The zero-order valence-corrected chi connectivity index (χ0v) is 14.5. The van der Waals surface area contributed by atoms with Gasteiger partial charge in [-0.25, -0.2) is 0 Å². The van der Waals surface area contributed by atoms with Gasteiger partial charge >= 0.3 is 6.18 Å². The third-order valence-corrected chi connectivity index (χ3v) is 4.33. The van der Waals surface area contributed by atoms with Crippen LogP contribution in [-0.2, 0) is 22.6 Å². The molecule has 2 aromatic rings. The summed E-state index contributed by atoms with van der Waals surface area (Å²) in [5.74, 6) is -0.308. The second kappa shape index (κ2) is 7.85. The molecular weight excluding hydrogens is 361 g/mol. The first kappa shape index (κ1) is 19.0. The predicted octanol–water partition coefficient (Wildman–Crippen LogP) is 3.54. The summed E-state index contributed by atoms with van der Waals surface area (Å²) >= 11 is 0. The summed E-state index contributed by atoms with van der Waals surface area (Å²) in [6, 6.07) is 9.84. The number of carbonyl (C=O) groups excluding carboxylic acids is 2. The van der Waals surface area contributed by atoms with E-state index in [1.54, 1.807) is 35.2 Å². The van der Waals surface area contributed by atoms with E-state index >= 15 is 0 Å². The molecule has 144 valence electrons. The molecule has 8 heteroatoms. The Labute approximate surface area is 154 Å². The molecule has 1 fully saturated rings. The summed E-state index contributed by atoms with van der Waals surface area (Å²) in [5, 5.41) is 0. The summed E-state index contributed by atoms with van der Waals surface area (Å²) in [7, 11) is 0. The maximum Gasteiger partial charge on any atom is 0.406 e. The van der Waals surface area contributed by atoms with Crippen LogP contribution >= 0.6 is 0 Å². The molecule has 5 nitrogen and oxygen atoms in total. The lowest BCUT2D eigenvalue weighted by Crippen LogP contribution is -2.39. The Bertz CT molecular complexity index is 786. The molecule has 1 aliphatic heterocycles. The lowest BCUT2D eigenvalue weighted by Gasteiger charge is -2.23. The zero-order chi connectivity index (χ0) is 19.4. The number of benzene rings is 1. The normalized spacial score (nSPS) is 14.6. The average molecular weight is 380 g/mol. The number of nitrogens with zero attached hydrogens (tertiary/aromatic N) is 2. The smallest absolute Gasteiger partial charge is 0.406 e. The summed E-state index contributed by atoms with van der Waals surface area (Å²) < 4.78 is 43.6. The lowest BCUT2D eigenvalue weighted by molar-refractivity contribution is -0.162. The molecule has 2 amide bonds. The van der Waals surface area contributed by atoms with E-state index in [-0.39, 0.29) is 24.6 Å². The van der Waals surface area contributed by atoms with Crippen LogP contribution in [-0.4, -0.2) is 36.0 Å². The molecule has 0 saturated carbocycles. The van der Waals surface area contributed by atoms with Crippen molar-refractivity contribution in [1.29, 1.82) is 0 Å². The maximum atomic E-state index is 12.8. The quantitative estimate of drug-likeness (QED) is 0.770. The first-order valence-corrected chi connectivity index (χ1v) is 8.58. The molecule has 1 aromatic heterocycles. The summed E-state index contributed by atoms with van der Waals surface area (Å²) in [6.45, 7) is -0.932. The second-order valence-corrected chi connectivity index (χ2v) is 6.44. The summed E-state index contributed by atoms with van der Waals surface area (Å²) in [4.78, 5) is 26.6. The van der Waals surface area contributed by atoms with E-state index in [1.165, 1.54) is 12.3 Å². The van der Waals surface area contributed by atoms with Gasteiger partial charge in [0.25, 0.3) is 0 Å². The molecule has 0 spiro atoms. The third kappa shape index (κ3) is 5.12. The van der Waals surface area contributed by atoms with Crippen molar-refractivity contribution >= 4 is 17.5 Å². The van der Waals surface area contributed by atoms with Crippen LogP contribution in [0, 0.1) is 0 Å². The van der Waals surface area contributed by atoms with Gasteiger partial charge in [0.2, 0.25) is 11.8 Å². The van der Waals surface area contributed by atoms with Crippen molar-refractivity contribution in [3.63, 3.8) is 0 Å². The van der Waals surface area contributed by atoms with Crippen LogP contribution in [0.15, 0.2) is 47.1 Å². The minimum absolute atomic E-state index is 0.0497. The molecule has 0 radical (unpaired) electrons. The fourth-order valence-corrected chi connectivity index (χ4v) is 3.04. The van der Waals surface area contributed by atoms with Crippen LogP contribution in [0.2, 0.25) is 0 Å². The number of rotatable bonds is 6. The number of hydrogen-bond donors (Lipinski definition) is 0. The van der Waals surface area contributed by atoms with Gasteiger partial charge in [0.15, 0.2) is 0 Å². The van der Waals surface area contributed by atoms with Crippen LogP contribution in [0.3, 0.4) is 0 Å². The van der Waals surface area contributed by atoms with Crippen molar-refractivity contribution in [2.45, 2.75) is 32.0 Å². The number of anilines is 1. The summed E-state index contributed by atoms with van der Waals surface area (Å²) in [5.41, 5.74) is 1.32.